The first-order valence-corrected chi connectivity index (χ1v) is 10.5. The highest BCUT2D eigenvalue weighted by Crippen LogP contribution is 2.37. The summed E-state index contributed by atoms with van der Waals surface area (Å²) in [6.45, 7) is 18.6. The second kappa shape index (κ2) is 7.01. The van der Waals surface area contributed by atoms with Gasteiger partial charge in [0.15, 0.2) is 0 Å². The van der Waals surface area contributed by atoms with Gasteiger partial charge in [-0.15, -0.1) is 0 Å². The van der Waals surface area contributed by atoms with Gasteiger partial charge in [0.25, 0.3) is 0 Å². The van der Waals surface area contributed by atoms with E-state index in [2.05, 4.69) is 18.9 Å². The first kappa shape index (κ1) is 22.2. The number of aromatic nitrogens is 2. The summed E-state index contributed by atoms with van der Waals surface area (Å²) in [5.74, 6) is 0. The normalized spacial score (nSPS) is 25.9. The molecule has 29 heavy (non-hydrogen) atoms. The molecule has 7 nitrogen and oxygen atoms in total. The van der Waals surface area contributed by atoms with Gasteiger partial charge in [-0.05, 0) is 75.2 Å². The van der Waals surface area contributed by atoms with Crippen molar-refractivity contribution in [3.8, 4) is 0 Å². The fourth-order valence-corrected chi connectivity index (χ4v) is 3.71. The number of carbonyl (C=O) groups is 1. The lowest BCUT2D eigenvalue weighted by Gasteiger charge is -2.45. The number of likely N-dealkylation sites (tertiary alicyclic amines) is 1. The second-order valence-corrected chi connectivity index (χ2v) is 10.9. The van der Waals surface area contributed by atoms with E-state index < -0.39 is 12.7 Å². The molecule has 1 aromatic rings. The summed E-state index contributed by atoms with van der Waals surface area (Å²) in [6.07, 6.45) is 5.34. The predicted molar refractivity (Wildman–Crippen MR) is 113 cm³/mol. The van der Waals surface area contributed by atoms with Crippen molar-refractivity contribution in [2.24, 2.45) is 0 Å². The van der Waals surface area contributed by atoms with Crippen LogP contribution in [0.25, 0.3) is 0 Å². The highest BCUT2D eigenvalue weighted by Gasteiger charge is 2.52. The number of piperidine rings is 1. The van der Waals surface area contributed by atoms with Gasteiger partial charge in [0.2, 0.25) is 0 Å². The third-order valence-corrected chi connectivity index (χ3v) is 6.35. The van der Waals surface area contributed by atoms with Crippen LogP contribution in [0.2, 0.25) is 0 Å². The molecule has 0 aromatic carbocycles. The molecule has 0 spiro atoms. The first-order valence-electron chi connectivity index (χ1n) is 10.5. The lowest BCUT2D eigenvalue weighted by molar-refractivity contribution is -0.0155. The standard InChI is InChI=1S/C21H36BN3O4/c1-18(2,3)27-17(26)24-14-16(10-11-19(24,4)5)25-13-15(12-23-25)22-28-20(6,7)21(8,9)29-22/h12-13,16H,10-11,14H2,1-9H3. The highest BCUT2D eigenvalue weighted by molar-refractivity contribution is 6.62. The third kappa shape index (κ3) is 4.48. The maximum Gasteiger partial charge on any atom is 0.498 e. The number of ether oxygens (including phenoxy) is 1. The summed E-state index contributed by atoms with van der Waals surface area (Å²) in [7, 11) is -0.434. The Morgan fingerprint density at radius 1 is 1.17 bits per heavy atom. The Balaban J connectivity index is 1.74. The number of hydrogen-bond donors (Lipinski definition) is 0. The van der Waals surface area contributed by atoms with E-state index >= 15 is 0 Å². The SMILES string of the molecule is CC(C)(C)OC(=O)N1CC(n2cc(B3OC(C)(C)C(C)(C)O3)cn2)CCC1(C)C. The van der Waals surface area contributed by atoms with Crippen molar-refractivity contribution in [2.75, 3.05) is 6.54 Å². The van der Waals surface area contributed by atoms with Crippen LogP contribution in [0.1, 0.15) is 81.2 Å². The molecule has 1 unspecified atom stereocenters. The molecule has 0 saturated carbocycles. The zero-order valence-electron chi connectivity index (χ0n) is 19.4. The van der Waals surface area contributed by atoms with E-state index in [1.54, 1.807) is 6.20 Å². The monoisotopic (exact) mass is 405 g/mol. The number of nitrogens with zero attached hydrogens (tertiary/aromatic N) is 3. The molecule has 1 atom stereocenters. The molecule has 0 bridgehead atoms. The van der Waals surface area contributed by atoms with E-state index in [0.29, 0.717) is 6.54 Å². The summed E-state index contributed by atoms with van der Waals surface area (Å²) in [6, 6.07) is 0.0896. The summed E-state index contributed by atoms with van der Waals surface area (Å²) >= 11 is 0. The van der Waals surface area contributed by atoms with Gasteiger partial charge in [-0.2, -0.15) is 5.10 Å². The molecule has 2 saturated heterocycles. The van der Waals surface area contributed by atoms with Gasteiger partial charge in [0.1, 0.15) is 5.60 Å². The van der Waals surface area contributed by atoms with Crippen LogP contribution in [0.5, 0.6) is 0 Å². The fraction of sp³-hybridized carbons (Fsp3) is 0.810. The molecule has 1 amide bonds. The number of carbonyl (C=O) groups excluding carboxylic acids is 1. The summed E-state index contributed by atoms with van der Waals surface area (Å²) < 4.78 is 19.9. The summed E-state index contributed by atoms with van der Waals surface area (Å²) in [5, 5.41) is 4.57. The smallest absolute Gasteiger partial charge is 0.444 e. The minimum absolute atomic E-state index is 0.0896. The predicted octanol–water partition coefficient (Wildman–Crippen LogP) is 3.53. The topological polar surface area (TPSA) is 65.8 Å². The van der Waals surface area contributed by atoms with E-state index in [9.17, 15) is 4.79 Å². The van der Waals surface area contributed by atoms with Crippen LogP contribution in [-0.4, -0.2) is 56.8 Å². The largest absolute Gasteiger partial charge is 0.498 e. The number of rotatable bonds is 2. The molecule has 162 valence electrons. The summed E-state index contributed by atoms with van der Waals surface area (Å²) in [4.78, 5) is 14.6. The van der Waals surface area contributed by atoms with E-state index in [1.165, 1.54) is 0 Å². The van der Waals surface area contributed by atoms with Gasteiger partial charge < -0.3 is 18.9 Å². The Kier molecular flexibility index (Phi) is 5.36. The number of amides is 1. The lowest BCUT2D eigenvalue weighted by Crippen LogP contribution is -2.54. The first-order chi connectivity index (χ1) is 13.1. The van der Waals surface area contributed by atoms with Crippen molar-refractivity contribution < 1.29 is 18.8 Å². The maximum atomic E-state index is 12.8. The molecule has 2 aliphatic rings. The van der Waals surface area contributed by atoms with Gasteiger partial charge in [-0.3, -0.25) is 4.68 Å². The van der Waals surface area contributed by atoms with Crippen LogP contribution >= 0.6 is 0 Å². The Bertz CT molecular complexity index is 750. The third-order valence-electron chi connectivity index (χ3n) is 6.35. The Morgan fingerprint density at radius 3 is 2.31 bits per heavy atom. The van der Waals surface area contributed by atoms with Crippen molar-refractivity contribution in [2.45, 2.75) is 104 Å². The van der Waals surface area contributed by atoms with Gasteiger partial charge in [0.05, 0.1) is 17.2 Å². The molecule has 1 aromatic heterocycles. The van der Waals surface area contributed by atoms with E-state index in [-0.39, 0.29) is 28.9 Å². The Morgan fingerprint density at radius 2 is 1.76 bits per heavy atom. The Hall–Kier alpha value is -1.54. The molecule has 3 rings (SSSR count). The molecular formula is C21H36BN3O4. The lowest BCUT2D eigenvalue weighted by atomic mass is 9.82. The molecular weight excluding hydrogens is 369 g/mol. The van der Waals surface area contributed by atoms with Crippen molar-refractivity contribution in [3.63, 3.8) is 0 Å². The molecule has 0 radical (unpaired) electrons. The zero-order chi connectivity index (χ0) is 21.8. The van der Waals surface area contributed by atoms with Crippen LogP contribution < -0.4 is 5.46 Å². The Labute approximate surface area is 175 Å². The zero-order valence-corrected chi connectivity index (χ0v) is 19.4. The highest BCUT2D eigenvalue weighted by atomic mass is 16.7. The fourth-order valence-electron chi connectivity index (χ4n) is 3.71. The van der Waals surface area contributed by atoms with Crippen LogP contribution in [-0.2, 0) is 14.0 Å². The molecule has 0 N–H and O–H groups in total. The van der Waals surface area contributed by atoms with Gasteiger partial charge in [0, 0.05) is 29.9 Å². The summed E-state index contributed by atoms with van der Waals surface area (Å²) in [5.41, 5.74) is -0.641. The van der Waals surface area contributed by atoms with E-state index in [0.717, 1.165) is 18.3 Å². The average molecular weight is 405 g/mol. The van der Waals surface area contributed by atoms with E-state index in [1.807, 2.05) is 64.2 Å². The van der Waals surface area contributed by atoms with Crippen molar-refractivity contribution in [1.29, 1.82) is 0 Å². The molecule has 3 heterocycles. The van der Waals surface area contributed by atoms with Gasteiger partial charge >= 0.3 is 13.2 Å². The molecule has 8 heteroatoms. The van der Waals surface area contributed by atoms with Crippen molar-refractivity contribution in [1.82, 2.24) is 14.7 Å². The van der Waals surface area contributed by atoms with Crippen LogP contribution in [0.4, 0.5) is 4.79 Å². The van der Waals surface area contributed by atoms with Gasteiger partial charge in [-0.1, -0.05) is 0 Å². The van der Waals surface area contributed by atoms with Crippen molar-refractivity contribution >= 4 is 18.7 Å². The molecule has 0 aliphatic carbocycles. The quantitative estimate of drug-likeness (QED) is 0.705. The van der Waals surface area contributed by atoms with Crippen molar-refractivity contribution in [3.05, 3.63) is 12.4 Å². The minimum Gasteiger partial charge on any atom is -0.444 e. The van der Waals surface area contributed by atoms with Crippen LogP contribution in [0.3, 0.4) is 0 Å². The van der Waals surface area contributed by atoms with E-state index in [4.69, 9.17) is 14.0 Å². The molecule has 2 aliphatic heterocycles. The average Bonchev–Trinajstić information content (AvgIpc) is 3.08. The minimum atomic E-state index is -0.518. The van der Waals surface area contributed by atoms with Crippen LogP contribution in [0.15, 0.2) is 12.4 Å². The molecule has 2 fully saturated rings. The maximum absolute atomic E-state index is 12.8. The van der Waals surface area contributed by atoms with Crippen LogP contribution in [0, 0.1) is 0 Å². The number of hydrogen-bond acceptors (Lipinski definition) is 5. The van der Waals surface area contributed by atoms with Gasteiger partial charge in [-0.25, -0.2) is 4.79 Å². The second-order valence-electron chi connectivity index (χ2n) is 10.9.